The summed E-state index contributed by atoms with van der Waals surface area (Å²) in [7, 11) is 1.60. The zero-order valence-electron chi connectivity index (χ0n) is 17.1. The van der Waals surface area contributed by atoms with Crippen LogP contribution in [-0.2, 0) is 35.1 Å². The molecule has 1 amide bonds. The van der Waals surface area contributed by atoms with Crippen LogP contribution in [0.1, 0.15) is 24.3 Å². The van der Waals surface area contributed by atoms with Crippen molar-refractivity contribution in [3.05, 3.63) is 71.8 Å². The Morgan fingerprint density at radius 3 is 2.43 bits per heavy atom. The number of carbonyl (C=O) groups excluding carboxylic acids is 1. The van der Waals surface area contributed by atoms with Crippen molar-refractivity contribution in [1.82, 2.24) is 5.32 Å². The Morgan fingerprint density at radius 1 is 1.07 bits per heavy atom. The van der Waals surface area contributed by atoms with E-state index in [1.54, 1.807) is 7.11 Å². The van der Waals surface area contributed by atoms with Crippen LogP contribution in [0.5, 0.6) is 0 Å². The molecule has 2 saturated heterocycles. The summed E-state index contributed by atoms with van der Waals surface area (Å²) in [6.45, 7) is 2.15. The highest BCUT2D eigenvalue weighted by Gasteiger charge is 2.51. The van der Waals surface area contributed by atoms with Gasteiger partial charge < -0.3 is 29.0 Å². The van der Waals surface area contributed by atoms with Crippen LogP contribution in [0, 0.1) is 0 Å². The van der Waals surface area contributed by atoms with Gasteiger partial charge in [-0.25, -0.2) is 0 Å². The van der Waals surface area contributed by atoms with Crippen LogP contribution in [0.3, 0.4) is 0 Å². The monoisotopic (exact) mass is 413 g/mol. The molecule has 0 radical (unpaired) electrons. The predicted octanol–water partition coefficient (Wildman–Crippen LogP) is 2.56. The zero-order valence-corrected chi connectivity index (χ0v) is 17.1. The molecule has 0 aromatic heterocycles. The number of carbonyl (C=O) groups is 1. The Hall–Kier alpha value is -2.29. The van der Waals surface area contributed by atoms with E-state index in [0.717, 1.165) is 11.1 Å². The maximum absolute atomic E-state index is 11.9. The van der Waals surface area contributed by atoms with E-state index in [-0.39, 0.29) is 12.0 Å². The second-order valence-corrected chi connectivity index (χ2v) is 7.44. The Labute approximate surface area is 176 Å². The second kappa shape index (κ2) is 9.68. The summed E-state index contributed by atoms with van der Waals surface area (Å²) in [5.41, 5.74) is 1.93. The quantitative estimate of drug-likeness (QED) is 0.785. The van der Waals surface area contributed by atoms with Crippen LogP contribution in [-0.4, -0.2) is 50.3 Å². The van der Waals surface area contributed by atoms with E-state index in [9.17, 15) is 4.79 Å². The standard InChI is InChI=1S/C23H27NO6/c1-15(25)24-19-21(26-2)20-18(14-28-22(30-20)17-11-7-4-8-12-17)29-23(19)27-13-16-9-5-3-6-10-16/h3-12,18-23H,13-14H2,1-2H3,(H,24,25)/t18-,19+,20-,21-,22+,23-/m1/s1. The maximum Gasteiger partial charge on any atom is 0.217 e. The molecule has 0 unspecified atom stereocenters. The van der Waals surface area contributed by atoms with Crippen LogP contribution in [0.15, 0.2) is 60.7 Å². The SMILES string of the molecule is CO[C@@H]1[C@H](NC(C)=O)[C@H](OCc2ccccc2)O[C@@H]2CO[C@H](c3ccccc3)O[C@@H]12. The van der Waals surface area contributed by atoms with Gasteiger partial charge in [0, 0.05) is 19.6 Å². The van der Waals surface area contributed by atoms with Crippen molar-refractivity contribution in [2.24, 2.45) is 0 Å². The molecule has 0 saturated carbocycles. The molecule has 2 aliphatic heterocycles. The number of hydrogen-bond acceptors (Lipinski definition) is 6. The minimum absolute atomic E-state index is 0.191. The first-order valence-electron chi connectivity index (χ1n) is 10.1. The lowest BCUT2D eigenvalue weighted by atomic mass is 9.95. The Balaban J connectivity index is 1.51. The van der Waals surface area contributed by atoms with Gasteiger partial charge in [-0.05, 0) is 5.56 Å². The van der Waals surface area contributed by atoms with Crippen molar-refractivity contribution in [3.8, 4) is 0 Å². The van der Waals surface area contributed by atoms with Crippen molar-refractivity contribution in [1.29, 1.82) is 0 Å². The Bertz CT molecular complexity index is 817. The number of methoxy groups -OCH3 is 1. The highest BCUT2D eigenvalue weighted by atomic mass is 16.7. The Morgan fingerprint density at radius 2 is 1.77 bits per heavy atom. The molecule has 7 heteroatoms. The lowest BCUT2D eigenvalue weighted by molar-refractivity contribution is -0.347. The lowest BCUT2D eigenvalue weighted by Crippen LogP contribution is -2.67. The summed E-state index contributed by atoms with van der Waals surface area (Å²) < 4.78 is 30.1. The molecule has 2 aliphatic rings. The first kappa shape index (κ1) is 21.0. The molecular weight excluding hydrogens is 386 g/mol. The maximum atomic E-state index is 11.9. The molecule has 30 heavy (non-hydrogen) atoms. The van der Waals surface area contributed by atoms with Crippen molar-refractivity contribution in [2.45, 2.75) is 50.5 Å². The molecule has 2 aromatic carbocycles. The van der Waals surface area contributed by atoms with Gasteiger partial charge in [0.2, 0.25) is 5.91 Å². The number of rotatable bonds is 6. The third-order valence-corrected chi connectivity index (χ3v) is 5.31. The number of hydrogen-bond donors (Lipinski definition) is 1. The van der Waals surface area contributed by atoms with Gasteiger partial charge in [0.1, 0.15) is 24.4 Å². The highest BCUT2D eigenvalue weighted by molar-refractivity contribution is 5.73. The second-order valence-electron chi connectivity index (χ2n) is 7.44. The van der Waals surface area contributed by atoms with Crippen molar-refractivity contribution in [3.63, 3.8) is 0 Å². The van der Waals surface area contributed by atoms with Gasteiger partial charge in [0.25, 0.3) is 0 Å². The fraction of sp³-hybridized carbons (Fsp3) is 0.435. The third-order valence-electron chi connectivity index (χ3n) is 5.31. The molecule has 0 aliphatic carbocycles. The normalized spacial score (nSPS) is 31.0. The summed E-state index contributed by atoms with van der Waals surface area (Å²) in [5.74, 6) is -0.191. The van der Waals surface area contributed by atoms with Crippen molar-refractivity contribution in [2.75, 3.05) is 13.7 Å². The van der Waals surface area contributed by atoms with Gasteiger partial charge in [0.05, 0.1) is 13.2 Å². The zero-order chi connectivity index (χ0) is 20.9. The molecule has 0 spiro atoms. The molecule has 6 atom stereocenters. The molecular formula is C23H27NO6. The molecule has 7 nitrogen and oxygen atoms in total. The van der Waals surface area contributed by atoms with Gasteiger partial charge in [-0.3, -0.25) is 4.79 Å². The topological polar surface area (TPSA) is 75.3 Å². The summed E-state index contributed by atoms with van der Waals surface area (Å²) in [4.78, 5) is 11.9. The summed E-state index contributed by atoms with van der Waals surface area (Å²) >= 11 is 0. The van der Waals surface area contributed by atoms with E-state index in [4.69, 9.17) is 23.7 Å². The average Bonchev–Trinajstić information content (AvgIpc) is 2.78. The summed E-state index contributed by atoms with van der Waals surface area (Å²) in [5, 5.41) is 2.92. The van der Waals surface area contributed by atoms with E-state index in [1.165, 1.54) is 6.92 Å². The molecule has 1 N–H and O–H groups in total. The predicted molar refractivity (Wildman–Crippen MR) is 108 cm³/mol. The molecule has 0 bridgehead atoms. The smallest absolute Gasteiger partial charge is 0.217 e. The Kier molecular flexibility index (Phi) is 6.76. The van der Waals surface area contributed by atoms with Crippen LogP contribution in [0.25, 0.3) is 0 Å². The number of fused-ring (bicyclic) bond motifs is 1. The van der Waals surface area contributed by atoms with Gasteiger partial charge in [0.15, 0.2) is 12.6 Å². The van der Waals surface area contributed by atoms with Crippen LogP contribution in [0.2, 0.25) is 0 Å². The van der Waals surface area contributed by atoms with Gasteiger partial charge in [-0.15, -0.1) is 0 Å². The van der Waals surface area contributed by atoms with Crippen molar-refractivity contribution >= 4 is 5.91 Å². The average molecular weight is 413 g/mol. The van der Waals surface area contributed by atoms with Gasteiger partial charge in [-0.2, -0.15) is 0 Å². The first-order valence-corrected chi connectivity index (χ1v) is 10.1. The van der Waals surface area contributed by atoms with E-state index < -0.39 is 30.8 Å². The largest absolute Gasteiger partial charge is 0.376 e. The van der Waals surface area contributed by atoms with Gasteiger partial charge in [-0.1, -0.05) is 60.7 Å². The van der Waals surface area contributed by atoms with E-state index in [1.807, 2.05) is 60.7 Å². The van der Waals surface area contributed by atoms with E-state index in [0.29, 0.717) is 13.2 Å². The lowest BCUT2D eigenvalue weighted by Gasteiger charge is -2.48. The minimum atomic E-state index is -0.694. The fourth-order valence-electron chi connectivity index (χ4n) is 3.91. The van der Waals surface area contributed by atoms with E-state index >= 15 is 0 Å². The molecule has 2 aromatic rings. The van der Waals surface area contributed by atoms with E-state index in [2.05, 4.69) is 5.32 Å². The highest BCUT2D eigenvalue weighted by Crippen LogP contribution is 2.35. The van der Waals surface area contributed by atoms with Crippen LogP contribution >= 0.6 is 0 Å². The van der Waals surface area contributed by atoms with Crippen molar-refractivity contribution < 1.29 is 28.5 Å². The number of ether oxygens (including phenoxy) is 5. The molecule has 2 heterocycles. The number of benzene rings is 2. The molecule has 4 rings (SSSR count). The fourth-order valence-corrected chi connectivity index (χ4v) is 3.91. The first-order chi connectivity index (χ1) is 14.7. The van der Waals surface area contributed by atoms with Crippen LogP contribution in [0.4, 0.5) is 0 Å². The molecule has 160 valence electrons. The minimum Gasteiger partial charge on any atom is -0.376 e. The van der Waals surface area contributed by atoms with Crippen LogP contribution < -0.4 is 5.32 Å². The third kappa shape index (κ3) is 4.71. The summed E-state index contributed by atoms with van der Waals surface area (Å²) in [6, 6.07) is 19.0. The molecule has 2 fully saturated rings. The number of amides is 1. The van der Waals surface area contributed by atoms with Gasteiger partial charge >= 0.3 is 0 Å². The summed E-state index contributed by atoms with van der Waals surface area (Å²) in [6.07, 6.45) is -2.46. The number of nitrogens with one attached hydrogen (secondary N) is 1.